The van der Waals surface area contributed by atoms with Crippen LogP contribution in [0, 0.1) is 0 Å². The minimum Gasteiger partial charge on any atom is -0.496 e. The Morgan fingerprint density at radius 2 is 1.47 bits per heavy atom. The first-order valence-corrected chi connectivity index (χ1v) is 11.0. The van der Waals surface area contributed by atoms with Crippen molar-refractivity contribution in [2.75, 3.05) is 48.6 Å². The molecular formula is C25H29NO8. The summed E-state index contributed by atoms with van der Waals surface area (Å²) in [5.74, 6) is 2.51. The van der Waals surface area contributed by atoms with Crippen molar-refractivity contribution in [3.8, 4) is 34.5 Å². The van der Waals surface area contributed by atoms with Gasteiger partial charge in [-0.15, -0.1) is 0 Å². The number of hydrogen-bond acceptors (Lipinski definition) is 8. The van der Waals surface area contributed by atoms with Crippen LogP contribution in [0.2, 0.25) is 0 Å². The molecule has 0 radical (unpaired) electrons. The number of amides is 1. The van der Waals surface area contributed by atoms with Crippen molar-refractivity contribution < 1.29 is 38.0 Å². The standard InChI is InChI=1S/C25H29NO8/c1-29-16-12-18(30-2)22-17(27)14-25(34-19(22)13-16)6-8-26(9-7-25)24(28)15-10-20(31-3)23(33-5)21(11-15)32-4/h10-13H,6-9,14H2,1-5H3. The van der Waals surface area contributed by atoms with Gasteiger partial charge >= 0.3 is 0 Å². The van der Waals surface area contributed by atoms with E-state index in [1.165, 1.54) is 28.4 Å². The summed E-state index contributed by atoms with van der Waals surface area (Å²) in [7, 11) is 7.60. The van der Waals surface area contributed by atoms with Gasteiger partial charge in [0.25, 0.3) is 5.91 Å². The molecule has 182 valence electrons. The van der Waals surface area contributed by atoms with Crippen LogP contribution in [-0.4, -0.2) is 70.8 Å². The highest BCUT2D eigenvalue weighted by Gasteiger charge is 2.45. The molecule has 0 aromatic heterocycles. The number of fused-ring (bicyclic) bond motifs is 1. The van der Waals surface area contributed by atoms with Crippen LogP contribution in [0.15, 0.2) is 24.3 Å². The van der Waals surface area contributed by atoms with Crippen LogP contribution in [0.3, 0.4) is 0 Å². The molecule has 0 atom stereocenters. The maximum atomic E-state index is 13.3. The van der Waals surface area contributed by atoms with E-state index in [-0.39, 0.29) is 18.1 Å². The van der Waals surface area contributed by atoms with Gasteiger partial charge in [0.15, 0.2) is 17.3 Å². The second-order valence-corrected chi connectivity index (χ2v) is 8.29. The number of ketones is 1. The molecule has 1 spiro atoms. The van der Waals surface area contributed by atoms with Gasteiger partial charge in [0.1, 0.15) is 28.4 Å². The van der Waals surface area contributed by atoms with E-state index in [0.717, 1.165) is 0 Å². The molecule has 0 saturated carbocycles. The first-order valence-electron chi connectivity index (χ1n) is 11.0. The molecule has 1 amide bonds. The predicted molar refractivity (Wildman–Crippen MR) is 123 cm³/mol. The first kappa shape index (κ1) is 23.5. The molecule has 1 saturated heterocycles. The Labute approximate surface area is 198 Å². The van der Waals surface area contributed by atoms with E-state index >= 15 is 0 Å². The predicted octanol–water partition coefficient (Wildman–Crippen LogP) is 3.37. The molecule has 1 fully saturated rings. The number of likely N-dealkylation sites (tertiary alicyclic amines) is 1. The van der Waals surface area contributed by atoms with E-state index in [1.54, 1.807) is 36.3 Å². The van der Waals surface area contributed by atoms with Crippen molar-refractivity contribution in [2.24, 2.45) is 0 Å². The quantitative estimate of drug-likeness (QED) is 0.633. The van der Waals surface area contributed by atoms with Crippen molar-refractivity contribution in [3.05, 3.63) is 35.4 Å². The maximum absolute atomic E-state index is 13.3. The number of benzene rings is 2. The van der Waals surface area contributed by atoms with Gasteiger partial charge in [-0.3, -0.25) is 9.59 Å². The highest BCUT2D eigenvalue weighted by atomic mass is 16.5. The summed E-state index contributed by atoms with van der Waals surface area (Å²) in [6.45, 7) is 0.887. The lowest BCUT2D eigenvalue weighted by Crippen LogP contribution is -2.52. The van der Waals surface area contributed by atoms with Gasteiger partial charge in [-0.2, -0.15) is 0 Å². The molecule has 2 aromatic rings. The smallest absolute Gasteiger partial charge is 0.254 e. The number of carbonyl (C=O) groups excluding carboxylic acids is 2. The molecule has 9 heteroatoms. The third kappa shape index (κ3) is 4.06. The number of nitrogens with zero attached hydrogens (tertiary/aromatic N) is 1. The number of Topliss-reactive ketones (excluding diaryl/α,β-unsaturated/α-hetero) is 1. The molecule has 2 aliphatic rings. The fourth-order valence-corrected chi connectivity index (χ4v) is 4.63. The van der Waals surface area contributed by atoms with Crippen LogP contribution >= 0.6 is 0 Å². The fourth-order valence-electron chi connectivity index (χ4n) is 4.63. The number of piperidine rings is 1. The topological polar surface area (TPSA) is 92.8 Å². The molecule has 0 bridgehead atoms. The molecule has 2 aromatic carbocycles. The largest absolute Gasteiger partial charge is 0.496 e. The lowest BCUT2D eigenvalue weighted by atomic mass is 9.82. The average Bonchev–Trinajstić information content (AvgIpc) is 2.86. The number of carbonyl (C=O) groups is 2. The SMILES string of the molecule is COc1cc(OC)c2c(c1)OC1(CCN(C(=O)c3cc(OC)c(OC)c(OC)c3)CC1)CC2=O. The molecule has 34 heavy (non-hydrogen) atoms. The number of ether oxygens (including phenoxy) is 6. The van der Waals surface area contributed by atoms with Crippen molar-refractivity contribution in [1.29, 1.82) is 0 Å². The van der Waals surface area contributed by atoms with E-state index < -0.39 is 5.60 Å². The Hall–Kier alpha value is -3.62. The Kier molecular flexibility index (Phi) is 6.45. The molecular weight excluding hydrogens is 442 g/mol. The molecule has 0 N–H and O–H groups in total. The van der Waals surface area contributed by atoms with Gasteiger partial charge in [-0.1, -0.05) is 0 Å². The minimum absolute atomic E-state index is 0.0369. The van der Waals surface area contributed by atoms with E-state index in [1.807, 2.05) is 0 Å². The summed E-state index contributed by atoms with van der Waals surface area (Å²) in [6, 6.07) is 6.67. The van der Waals surface area contributed by atoms with Crippen molar-refractivity contribution in [1.82, 2.24) is 4.90 Å². The Morgan fingerprint density at radius 3 is 2.00 bits per heavy atom. The Morgan fingerprint density at radius 1 is 0.853 bits per heavy atom. The molecule has 4 rings (SSSR count). The molecule has 0 aliphatic carbocycles. The van der Waals surface area contributed by atoms with E-state index in [0.29, 0.717) is 71.6 Å². The van der Waals surface area contributed by atoms with Crippen LogP contribution in [0.4, 0.5) is 0 Å². The van der Waals surface area contributed by atoms with Gasteiger partial charge in [0, 0.05) is 43.6 Å². The summed E-state index contributed by atoms with van der Waals surface area (Å²) >= 11 is 0. The zero-order valence-corrected chi connectivity index (χ0v) is 20.1. The molecule has 2 heterocycles. The lowest BCUT2D eigenvalue weighted by molar-refractivity contribution is -0.00612. The van der Waals surface area contributed by atoms with Crippen molar-refractivity contribution >= 4 is 11.7 Å². The highest BCUT2D eigenvalue weighted by Crippen LogP contribution is 2.45. The van der Waals surface area contributed by atoms with Gasteiger partial charge in [0.05, 0.1) is 42.0 Å². The van der Waals surface area contributed by atoms with Gasteiger partial charge in [-0.25, -0.2) is 0 Å². The zero-order valence-electron chi connectivity index (χ0n) is 20.1. The Bertz CT molecular complexity index is 1080. The fraction of sp³-hybridized carbons (Fsp3) is 0.440. The zero-order chi connectivity index (χ0) is 24.5. The third-order valence-electron chi connectivity index (χ3n) is 6.46. The second-order valence-electron chi connectivity index (χ2n) is 8.29. The van der Waals surface area contributed by atoms with Gasteiger partial charge in [0.2, 0.25) is 5.75 Å². The monoisotopic (exact) mass is 471 g/mol. The molecule has 9 nitrogen and oxygen atoms in total. The first-order chi connectivity index (χ1) is 16.4. The summed E-state index contributed by atoms with van der Waals surface area (Å²) in [4.78, 5) is 28.1. The molecule has 2 aliphatic heterocycles. The van der Waals surface area contributed by atoms with Crippen LogP contribution in [0.1, 0.15) is 40.0 Å². The van der Waals surface area contributed by atoms with E-state index in [9.17, 15) is 9.59 Å². The lowest BCUT2D eigenvalue weighted by Gasteiger charge is -2.44. The normalized spacial score (nSPS) is 16.4. The van der Waals surface area contributed by atoms with Gasteiger partial charge in [-0.05, 0) is 12.1 Å². The summed E-state index contributed by atoms with van der Waals surface area (Å²) in [5.41, 5.74) is 0.198. The second kappa shape index (κ2) is 9.32. The summed E-state index contributed by atoms with van der Waals surface area (Å²) in [6.07, 6.45) is 1.27. The number of methoxy groups -OCH3 is 5. The van der Waals surface area contributed by atoms with Crippen LogP contribution in [-0.2, 0) is 0 Å². The van der Waals surface area contributed by atoms with E-state index in [4.69, 9.17) is 28.4 Å². The summed E-state index contributed by atoms with van der Waals surface area (Å²) < 4.78 is 33.2. The summed E-state index contributed by atoms with van der Waals surface area (Å²) in [5, 5.41) is 0. The highest BCUT2D eigenvalue weighted by molar-refractivity contribution is 6.03. The maximum Gasteiger partial charge on any atom is 0.254 e. The average molecular weight is 472 g/mol. The molecule has 0 unspecified atom stereocenters. The van der Waals surface area contributed by atoms with Crippen LogP contribution in [0.5, 0.6) is 34.5 Å². The van der Waals surface area contributed by atoms with E-state index in [2.05, 4.69) is 0 Å². The Balaban J connectivity index is 1.54. The number of hydrogen-bond donors (Lipinski definition) is 0. The van der Waals surface area contributed by atoms with Crippen LogP contribution in [0.25, 0.3) is 0 Å². The van der Waals surface area contributed by atoms with Crippen LogP contribution < -0.4 is 28.4 Å². The number of rotatable bonds is 6. The van der Waals surface area contributed by atoms with Gasteiger partial charge < -0.3 is 33.3 Å². The third-order valence-corrected chi connectivity index (χ3v) is 6.46. The minimum atomic E-state index is -0.673. The van der Waals surface area contributed by atoms with Crippen molar-refractivity contribution in [3.63, 3.8) is 0 Å². The van der Waals surface area contributed by atoms with Crippen molar-refractivity contribution in [2.45, 2.75) is 24.9 Å².